The van der Waals surface area contributed by atoms with E-state index in [4.69, 9.17) is 21.3 Å². The monoisotopic (exact) mass is 479 g/mol. The van der Waals surface area contributed by atoms with Crippen LogP contribution in [0.25, 0.3) is 0 Å². The van der Waals surface area contributed by atoms with Crippen molar-refractivity contribution in [3.05, 3.63) is 76.2 Å². The Kier molecular flexibility index (Phi) is 7.53. The van der Waals surface area contributed by atoms with E-state index in [-0.39, 0.29) is 6.03 Å². The molecule has 2 aromatic carbocycles. The minimum Gasteiger partial charge on any atom is -0.497 e. The summed E-state index contributed by atoms with van der Waals surface area (Å²) in [7, 11) is 1.62. The van der Waals surface area contributed by atoms with Gasteiger partial charge >= 0.3 is 6.03 Å². The smallest absolute Gasteiger partial charge is 0.321 e. The van der Waals surface area contributed by atoms with Crippen molar-refractivity contribution in [1.82, 2.24) is 14.9 Å². The Bertz CT molecular complexity index is 1140. The average Bonchev–Trinajstić information content (AvgIpc) is 3.09. The van der Waals surface area contributed by atoms with Crippen LogP contribution in [0.15, 0.2) is 48.5 Å². The number of nitrogens with zero attached hydrogens (tertiary/aromatic N) is 4. The second-order valence-corrected chi connectivity index (χ2v) is 8.88. The molecule has 0 unspecified atom stereocenters. The van der Waals surface area contributed by atoms with Crippen LogP contribution in [-0.4, -0.2) is 54.2 Å². The van der Waals surface area contributed by atoms with Crippen LogP contribution in [0.2, 0.25) is 5.02 Å². The highest BCUT2D eigenvalue weighted by Gasteiger charge is 2.23. The zero-order valence-electron chi connectivity index (χ0n) is 19.8. The maximum absolute atomic E-state index is 12.9. The molecule has 0 radical (unpaired) electrons. The van der Waals surface area contributed by atoms with Gasteiger partial charge in [0.2, 0.25) is 0 Å². The van der Waals surface area contributed by atoms with Crippen LogP contribution in [0.3, 0.4) is 0 Å². The van der Waals surface area contributed by atoms with Gasteiger partial charge in [0.25, 0.3) is 0 Å². The van der Waals surface area contributed by atoms with Gasteiger partial charge < -0.3 is 19.9 Å². The first-order valence-electron chi connectivity index (χ1n) is 11.5. The summed E-state index contributed by atoms with van der Waals surface area (Å²) in [6, 6.07) is 15.2. The normalized spacial score (nSPS) is 14.0. The lowest BCUT2D eigenvalue weighted by Crippen LogP contribution is -2.38. The SMILES string of the molecule is COc1ccc(NC(=O)N2CCCN(c3nc(C)nc(C)c3Cc3ccc(Cl)cc3)CC2)cc1. The standard InChI is InChI=1S/C26H30ClN5O2/c1-18-24(17-20-5-7-21(27)8-6-20)25(29-19(2)28-18)31-13-4-14-32(16-15-31)26(33)30-22-9-11-23(34-3)12-10-22/h5-12H,4,13-17H2,1-3H3,(H,30,33). The number of amides is 2. The quantitative estimate of drug-likeness (QED) is 0.552. The molecule has 1 saturated heterocycles. The Morgan fingerprint density at radius 3 is 2.44 bits per heavy atom. The molecule has 7 nitrogen and oxygen atoms in total. The van der Waals surface area contributed by atoms with E-state index in [1.54, 1.807) is 7.11 Å². The summed E-state index contributed by atoms with van der Waals surface area (Å²) in [5, 5.41) is 3.71. The number of carbonyl (C=O) groups is 1. The van der Waals surface area contributed by atoms with Gasteiger partial charge in [0.15, 0.2) is 0 Å². The van der Waals surface area contributed by atoms with Crippen LogP contribution in [0, 0.1) is 13.8 Å². The number of urea groups is 1. The minimum atomic E-state index is -0.0940. The number of ether oxygens (including phenoxy) is 1. The first-order chi connectivity index (χ1) is 16.4. The minimum absolute atomic E-state index is 0.0940. The highest BCUT2D eigenvalue weighted by atomic mass is 35.5. The topological polar surface area (TPSA) is 70.6 Å². The Labute approximate surface area is 205 Å². The number of aromatic nitrogens is 2. The second kappa shape index (κ2) is 10.7. The van der Waals surface area contributed by atoms with Gasteiger partial charge in [-0.15, -0.1) is 0 Å². The lowest BCUT2D eigenvalue weighted by atomic mass is 10.0. The molecule has 8 heteroatoms. The summed E-state index contributed by atoms with van der Waals surface area (Å²) in [4.78, 5) is 26.5. The molecule has 2 heterocycles. The molecule has 1 aromatic heterocycles. The number of rotatable bonds is 5. The number of hydrogen-bond donors (Lipinski definition) is 1. The molecule has 1 aliphatic heterocycles. The van der Waals surface area contributed by atoms with Crippen molar-refractivity contribution in [2.24, 2.45) is 0 Å². The van der Waals surface area contributed by atoms with Crippen molar-refractivity contribution in [1.29, 1.82) is 0 Å². The summed E-state index contributed by atoms with van der Waals surface area (Å²) in [6.45, 7) is 6.80. The molecule has 2 amide bonds. The van der Waals surface area contributed by atoms with Crippen molar-refractivity contribution < 1.29 is 9.53 Å². The van der Waals surface area contributed by atoms with Crippen molar-refractivity contribution in [3.63, 3.8) is 0 Å². The first kappa shape index (κ1) is 23.8. The van der Waals surface area contributed by atoms with E-state index in [2.05, 4.69) is 15.2 Å². The number of benzene rings is 2. The Hall–Kier alpha value is -3.32. The Morgan fingerprint density at radius 2 is 1.74 bits per heavy atom. The maximum Gasteiger partial charge on any atom is 0.321 e. The van der Waals surface area contributed by atoms with E-state index in [9.17, 15) is 4.79 Å². The third-order valence-electron chi connectivity index (χ3n) is 6.02. The van der Waals surface area contributed by atoms with Crippen LogP contribution in [0.1, 0.15) is 29.1 Å². The van der Waals surface area contributed by atoms with Gasteiger partial charge in [-0.3, -0.25) is 0 Å². The van der Waals surface area contributed by atoms with Gasteiger partial charge in [-0.05, 0) is 62.2 Å². The zero-order chi connectivity index (χ0) is 24.1. The molecule has 0 bridgehead atoms. The predicted octanol–water partition coefficient (Wildman–Crippen LogP) is 5.09. The van der Waals surface area contributed by atoms with Crippen LogP contribution >= 0.6 is 11.6 Å². The van der Waals surface area contributed by atoms with E-state index in [0.29, 0.717) is 19.6 Å². The van der Waals surface area contributed by atoms with Crippen molar-refractivity contribution in [2.45, 2.75) is 26.7 Å². The number of hydrogen-bond acceptors (Lipinski definition) is 5. The molecule has 1 fully saturated rings. The molecule has 178 valence electrons. The highest BCUT2D eigenvalue weighted by molar-refractivity contribution is 6.30. The van der Waals surface area contributed by atoms with Gasteiger partial charge in [-0.25, -0.2) is 14.8 Å². The van der Waals surface area contributed by atoms with E-state index >= 15 is 0 Å². The second-order valence-electron chi connectivity index (χ2n) is 8.45. The largest absolute Gasteiger partial charge is 0.497 e. The summed E-state index contributed by atoms with van der Waals surface area (Å²) < 4.78 is 5.18. The lowest BCUT2D eigenvalue weighted by Gasteiger charge is -2.26. The summed E-state index contributed by atoms with van der Waals surface area (Å²) in [5.41, 5.74) is 4.01. The zero-order valence-corrected chi connectivity index (χ0v) is 20.6. The Morgan fingerprint density at radius 1 is 1.00 bits per heavy atom. The van der Waals surface area contributed by atoms with E-state index in [1.807, 2.05) is 67.3 Å². The fourth-order valence-corrected chi connectivity index (χ4v) is 4.33. The molecule has 1 aliphatic rings. The number of carbonyl (C=O) groups excluding carboxylic acids is 1. The van der Waals surface area contributed by atoms with E-state index in [1.165, 1.54) is 0 Å². The molecule has 0 aliphatic carbocycles. The van der Waals surface area contributed by atoms with Crippen LogP contribution in [0.5, 0.6) is 5.75 Å². The van der Waals surface area contributed by atoms with Gasteiger partial charge in [0.1, 0.15) is 17.4 Å². The predicted molar refractivity (Wildman–Crippen MR) is 136 cm³/mol. The molecule has 34 heavy (non-hydrogen) atoms. The van der Waals surface area contributed by atoms with Gasteiger partial charge in [0, 0.05) is 54.6 Å². The number of nitrogens with one attached hydrogen (secondary N) is 1. The Balaban J connectivity index is 1.47. The van der Waals surface area contributed by atoms with Crippen LogP contribution < -0.4 is 15.0 Å². The molecule has 0 atom stereocenters. The summed E-state index contributed by atoms with van der Waals surface area (Å²) in [6.07, 6.45) is 1.59. The van der Waals surface area contributed by atoms with Crippen LogP contribution in [-0.2, 0) is 6.42 Å². The van der Waals surface area contributed by atoms with Crippen molar-refractivity contribution in [3.8, 4) is 5.75 Å². The molecular weight excluding hydrogens is 450 g/mol. The number of methoxy groups -OCH3 is 1. The number of anilines is 2. The molecular formula is C26H30ClN5O2. The van der Waals surface area contributed by atoms with Gasteiger partial charge in [-0.1, -0.05) is 23.7 Å². The molecule has 0 spiro atoms. The maximum atomic E-state index is 12.9. The fraction of sp³-hybridized carbons (Fsp3) is 0.346. The van der Waals surface area contributed by atoms with Crippen LogP contribution in [0.4, 0.5) is 16.3 Å². The molecule has 1 N–H and O–H groups in total. The van der Waals surface area contributed by atoms with E-state index < -0.39 is 0 Å². The highest BCUT2D eigenvalue weighted by Crippen LogP contribution is 2.26. The van der Waals surface area contributed by atoms with Gasteiger partial charge in [-0.2, -0.15) is 0 Å². The third-order valence-corrected chi connectivity index (χ3v) is 6.27. The average molecular weight is 480 g/mol. The van der Waals surface area contributed by atoms with E-state index in [0.717, 1.165) is 64.3 Å². The molecule has 0 saturated carbocycles. The number of aryl methyl sites for hydroxylation is 2. The van der Waals surface area contributed by atoms with Crippen molar-refractivity contribution in [2.75, 3.05) is 43.5 Å². The first-order valence-corrected chi connectivity index (χ1v) is 11.8. The molecule has 3 aromatic rings. The third kappa shape index (κ3) is 5.78. The van der Waals surface area contributed by atoms with Crippen molar-refractivity contribution >= 4 is 29.1 Å². The number of halogens is 1. The van der Waals surface area contributed by atoms with Gasteiger partial charge in [0.05, 0.1) is 7.11 Å². The summed E-state index contributed by atoms with van der Waals surface area (Å²) in [5.74, 6) is 2.47. The summed E-state index contributed by atoms with van der Waals surface area (Å²) >= 11 is 6.07. The fourth-order valence-electron chi connectivity index (χ4n) is 4.20. The molecule has 4 rings (SSSR count). The lowest BCUT2D eigenvalue weighted by molar-refractivity contribution is 0.215.